The monoisotopic (exact) mass is 891 g/mol. The summed E-state index contributed by atoms with van der Waals surface area (Å²) in [7, 11) is 0. The fraction of sp³-hybridized carbons (Fsp3) is 0.0851. The van der Waals surface area contributed by atoms with Gasteiger partial charge in [-0.3, -0.25) is 4.40 Å². The van der Waals surface area contributed by atoms with Gasteiger partial charge in [-0.05, 0) is 82.1 Å². The number of hydrogen-bond donors (Lipinski definition) is 0. The molecule has 0 N–H and O–H groups in total. The Bertz CT molecular complexity index is 3160. The molecule has 0 saturated carbocycles. The van der Waals surface area contributed by atoms with E-state index in [1.165, 1.54) is 5.56 Å². The Balaban J connectivity index is 0.00000397. The third-order valence-corrected chi connectivity index (χ3v) is 10.1. The van der Waals surface area contributed by atoms with Crippen LogP contribution in [0.25, 0.3) is 72.3 Å². The molecular weight excluding hydrogens is 860 g/mol. The number of imidazole rings is 2. The zero-order chi connectivity index (χ0) is 36.6. The molecule has 6 aromatic carbocycles. The molecule has 7 nitrogen and oxygen atoms in total. The number of ether oxygens (including phenoxy) is 1. The summed E-state index contributed by atoms with van der Waals surface area (Å²) in [6, 6.07) is 54.3. The average molecular weight is 892 g/mol. The van der Waals surface area contributed by atoms with Crippen molar-refractivity contribution in [1.82, 2.24) is 23.5 Å². The number of benzene rings is 6. The van der Waals surface area contributed by atoms with Crippen LogP contribution in [0.3, 0.4) is 0 Å². The van der Waals surface area contributed by atoms with Crippen molar-refractivity contribution >= 4 is 49.7 Å². The van der Waals surface area contributed by atoms with Crippen LogP contribution in [0.5, 0.6) is 11.5 Å². The van der Waals surface area contributed by atoms with E-state index in [0.29, 0.717) is 17.1 Å². The summed E-state index contributed by atoms with van der Waals surface area (Å²) < 4.78 is 13.1. The van der Waals surface area contributed by atoms with Gasteiger partial charge in [0.25, 0.3) is 0 Å². The molecule has 0 aliphatic rings. The molecule has 0 bridgehead atoms. The Labute approximate surface area is 332 Å². The third-order valence-electron chi connectivity index (χ3n) is 10.1. The normalized spacial score (nSPS) is 11.7. The Morgan fingerprint density at radius 3 is 2.25 bits per heavy atom. The zero-order valence-corrected chi connectivity index (χ0v) is 32.5. The second kappa shape index (κ2) is 13.1. The van der Waals surface area contributed by atoms with E-state index in [-0.39, 0.29) is 26.5 Å². The molecule has 0 fully saturated rings. The maximum Gasteiger partial charge on any atom is 2.00 e. The van der Waals surface area contributed by atoms with Gasteiger partial charge in [-0.15, -0.1) is 35.7 Å². The van der Waals surface area contributed by atoms with Gasteiger partial charge in [0.15, 0.2) is 0 Å². The summed E-state index contributed by atoms with van der Waals surface area (Å²) in [5, 5.41) is 11.6. The molecule has 0 unspecified atom stereocenters. The quantitative estimate of drug-likeness (QED) is 0.161. The minimum absolute atomic E-state index is 0. The van der Waals surface area contributed by atoms with E-state index < -0.39 is 0 Å². The van der Waals surface area contributed by atoms with E-state index in [9.17, 15) is 5.26 Å². The Morgan fingerprint density at radius 2 is 1.42 bits per heavy atom. The minimum Gasteiger partial charge on any atom is -0.509 e. The van der Waals surface area contributed by atoms with E-state index in [4.69, 9.17) is 14.7 Å². The molecule has 4 heterocycles. The molecule has 0 aliphatic carbocycles. The van der Waals surface area contributed by atoms with Crippen LogP contribution in [0, 0.1) is 23.5 Å². The molecule has 0 aliphatic heterocycles. The smallest absolute Gasteiger partial charge is 0.509 e. The van der Waals surface area contributed by atoms with Gasteiger partial charge < -0.3 is 13.9 Å². The van der Waals surface area contributed by atoms with Gasteiger partial charge in [0.2, 0.25) is 5.78 Å². The van der Waals surface area contributed by atoms with Crippen molar-refractivity contribution in [3.63, 3.8) is 0 Å². The van der Waals surface area contributed by atoms with Gasteiger partial charge in [0, 0.05) is 23.2 Å². The Morgan fingerprint density at radius 1 is 0.655 bits per heavy atom. The minimum atomic E-state index is -0.0616. The van der Waals surface area contributed by atoms with Crippen molar-refractivity contribution in [2.24, 2.45) is 0 Å². The predicted molar refractivity (Wildman–Crippen MR) is 215 cm³/mol. The van der Waals surface area contributed by atoms with Crippen LogP contribution in [0.15, 0.2) is 140 Å². The molecule has 0 saturated heterocycles. The largest absolute Gasteiger partial charge is 2.00 e. The predicted octanol–water partition coefficient (Wildman–Crippen LogP) is 11.1. The van der Waals surface area contributed by atoms with Crippen molar-refractivity contribution in [3.05, 3.63) is 163 Å². The van der Waals surface area contributed by atoms with Crippen molar-refractivity contribution in [2.75, 3.05) is 0 Å². The summed E-state index contributed by atoms with van der Waals surface area (Å²) in [5.41, 5.74) is 10.5. The van der Waals surface area contributed by atoms with Crippen molar-refractivity contribution in [1.29, 1.82) is 5.26 Å². The molecule has 10 aromatic rings. The molecule has 0 amide bonds. The molecule has 0 spiro atoms. The first-order valence-electron chi connectivity index (χ1n) is 17.9. The average Bonchev–Trinajstić information content (AvgIpc) is 3.84. The molecule has 0 radical (unpaired) electrons. The van der Waals surface area contributed by atoms with E-state index in [1.54, 1.807) is 0 Å². The second-order valence-corrected chi connectivity index (χ2v) is 14.6. The zero-order valence-electron chi connectivity index (χ0n) is 30.2. The van der Waals surface area contributed by atoms with Gasteiger partial charge in [0.05, 0.1) is 33.7 Å². The number of aromatic nitrogens is 5. The maximum absolute atomic E-state index is 9.55. The number of fused-ring (bicyclic) bond motifs is 8. The fourth-order valence-corrected chi connectivity index (χ4v) is 7.51. The maximum atomic E-state index is 9.55. The summed E-state index contributed by atoms with van der Waals surface area (Å²) in [6.07, 6.45) is 1.88. The summed E-state index contributed by atoms with van der Waals surface area (Å²) >= 11 is 0. The number of rotatable bonds is 5. The van der Waals surface area contributed by atoms with Gasteiger partial charge >= 0.3 is 21.1 Å². The van der Waals surface area contributed by atoms with Crippen LogP contribution in [0.4, 0.5) is 0 Å². The number of nitrogens with zero attached hydrogens (tertiary/aromatic N) is 6. The summed E-state index contributed by atoms with van der Waals surface area (Å²) in [4.78, 5) is 9.89. The number of hydrogen-bond acceptors (Lipinski definition) is 4. The van der Waals surface area contributed by atoms with Crippen LogP contribution >= 0.6 is 0 Å². The van der Waals surface area contributed by atoms with E-state index in [0.717, 1.165) is 72.3 Å². The Hall–Kier alpha value is -6.48. The fourth-order valence-electron chi connectivity index (χ4n) is 7.51. The van der Waals surface area contributed by atoms with Crippen LogP contribution in [0.2, 0.25) is 0 Å². The third kappa shape index (κ3) is 5.69. The van der Waals surface area contributed by atoms with Crippen molar-refractivity contribution in [3.8, 4) is 40.2 Å². The van der Waals surface area contributed by atoms with E-state index in [2.05, 4.69) is 113 Å². The first-order valence-corrected chi connectivity index (χ1v) is 17.9. The number of para-hydroxylation sites is 4. The van der Waals surface area contributed by atoms with E-state index in [1.807, 2.05) is 79.0 Å². The van der Waals surface area contributed by atoms with Crippen LogP contribution < -0.4 is 4.74 Å². The standard InChI is InChI=1S/C47H32N6O.Pt/c1-47(2,3)33-22-23-49-45(26-33)52-40-21-18-32(31-11-8-10-30(24-31)29-48)25-38(40)37-20-19-36(28-44(37)52)54-35-13-9-12-34(27-35)51-42-16-6-7-17-43(42)53-41-15-5-4-14-39(41)50-46(51)53;/h4-26H,1-3H3;/q-2;+2. The van der Waals surface area contributed by atoms with Gasteiger partial charge in [-0.2, -0.15) is 17.4 Å². The number of pyridine rings is 1. The van der Waals surface area contributed by atoms with Crippen LogP contribution in [0.1, 0.15) is 31.9 Å². The SMILES string of the molecule is CC(C)(C)c1ccnc(-n2c3[c-]c(Oc4[c-]c(-n5c6ccccc6n6c7ccccc7nc56)ccc4)ccc3c3cc(-c4cccc(C#N)c4)ccc32)c1.[Pt+2]. The first-order chi connectivity index (χ1) is 26.3. The second-order valence-electron chi connectivity index (χ2n) is 14.6. The summed E-state index contributed by atoms with van der Waals surface area (Å²) in [5.74, 6) is 2.74. The van der Waals surface area contributed by atoms with Gasteiger partial charge in [-0.25, -0.2) is 9.97 Å². The molecule has 55 heavy (non-hydrogen) atoms. The Kier molecular flexibility index (Phi) is 8.18. The molecule has 0 atom stereocenters. The number of nitriles is 1. The molecule has 8 heteroatoms. The molecule has 4 aromatic heterocycles. The van der Waals surface area contributed by atoms with E-state index >= 15 is 0 Å². The van der Waals surface area contributed by atoms with Gasteiger partial charge in [0.1, 0.15) is 5.82 Å². The van der Waals surface area contributed by atoms with Crippen molar-refractivity contribution < 1.29 is 25.8 Å². The topological polar surface area (TPSA) is 73.1 Å². The first kappa shape index (κ1) is 34.3. The van der Waals surface area contributed by atoms with Gasteiger partial charge in [-0.1, -0.05) is 80.5 Å². The molecule has 266 valence electrons. The van der Waals surface area contributed by atoms with Crippen LogP contribution in [-0.2, 0) is 26.5 Å². The van der Waals surface area contributed by atoms with Crippen LogP contribution in [-0.4, -0.2) is 23.5 Å². The van der Waals surface area contributed by atoms with Crippen molar-refractivity contribution in [2.45, 2.75) is 26.2 Å². The summed E-state index contributed by atoms with van der Waals surface area (Å²) in [6.45, 7) is 6.62. The molecule has 10 rings (SSSR count). The molecular formula is C47H32N6OPt.